The lowest BCUT2D eigenvalue weighted by atomic mass is 10.1. The minimum atomic E-state index is -0.857. The first-order chi connectivity index (χ1) is 13.9. The number of benzene rings is 2. The predicted octanol–water partition coefficient (Wildman–Crippen LogP) is 2.15. The highest BCUT2D eigenvalue weighted by Gasteiger charge is 2.19. The molecule has 0 spiro atoms. The topological polar surface area (TPSA) is 111 Å². The highest BCUT2D eigenvalue weighted by Crippen LogP contribution is 2.20. The van der Waals surface area contributed by atoms with Crippen molar-refractivity contribution in [2.24, 2.45) is 0 Å². The van der Waals surface area contributed by atoms with Crippen LogP contribution in [0.5, 0.6) is 0 Å². The second kappa shape index (κ2) is 8.85. The fourth-order valence-corrected chi connectivity index (χ4v) is 2.88. The molecule has 150 valence electrons. The first-order valence-electron chi connectivity index (χ1n) is 8.74. The average molecular weight is 416 g/mol. The van der Waals surface area contributed by atoms with Crippen LogP contribution in [0, 0.1) is 6.92 Å². The molecule has 0 fully saturated rings. The van der Waals surface area contributed by atoms with E-state index in [9.17, 15) is 14.4 Å². The molecule has 0 bridgehead atoms. The number of carbonyl (C=O) groups is 2. The fraction of sp³-hybridized carbons (Fsp3) is 0.200. The number of carbonyl (C=O) groups excluding carboxylic acids is 2. The second-order valence-corrected chi connectivity index (χ2v) is 6.64. The number of halogens is 1. The molecule has 3 rings (SSSR count). The molecule has 0 radical (unpaired) electrons. The number of aromatic nitrogens is 2. The lowest BCUT2D eigenvalue weighted by Crippen LogP contribution is -2.28. The summed E-state index contributed by atoms with van der Waals surface area (Å²) in [5, 5.41) is 16.8. The van der Waals surface area contributed by atoms with Gasteiger partial charge >= 0.3 is 5.97 Å². The summed E-state index contributed by atoms with van der Waals surface area (Å²) in [6, 6.07) is 11.5. The van der Waals surface area contributed by atoms with Gasteiger partial charge in [0.05, 0.1) is 18.5 Å². The zero-order valence-corrected chi connectivity index (χ0v) is 16.3. The largest absolute Gasteiger partial charge is 0.451 e. The van der Waals surface area contributed by atoms with E-state index in [0.717, 1.165) is 10.2 Å². The number of rotatable bonds is 6. The molecule has 0 unspecified atom stereocenters. The number of ether oxygens (including phenoxy) is 1. The SMILES string of the molecule is Cc1ccc(NC(=O)COC(=O)c2nn(CCO)c(=O)c3ccccc23)cc1Cl. The number of esters is 1. The molecule has 0 saturated heterocycles. The van der Waals surface area contributed by atoms with Crippen LogP contribution in [0.3, 0.4) is 0 Å². The zero-order chi connectivity index (χ0) is 21.0. The van der Waals surface area contributed by atoms with Gasteiger partial charge in [-0.15, -0.1) is 0 Å². The van der Waals surface area contributed by atoms with Gasteiger partial charge < -0.3 is 15.2 Å². The van der Waals surface area contributed by atoms with E-state index in [0.29, 0.717) is 16.1 Å². The Kier molecular flexibility index (Phi) is 6.26. The van der Waals surface area contributed by atoms with Crippen molar-refractivity contribution in [1.29, 1.82) is 0 Å². The van der Waals surface area contributed by atoms with Gasteiger partial charge in [-0.3, -0.25) is 9.59 Å². The standard InChI is InChI=1S/C20H18ClN3O5/c1-12-6-7-13(10-16(12)21)22-17(26)11-29-20(28)18-14-4-2-3-5-15(14)19(27)24(23-18)8-9-25/h2-7,10,25H,8-9,11H2,1H3,(H,22,26). The summed E-state index contributed by atoms with van der Waals surface area (Å²) in [6.45, 7) is 0.905. The van der Waals surface area contributed by atoms with Crippen LogP contribution in [0.15, 0.2) is 47.3 Å². The monoisotopic (exact) mass is 415 g/mol. The zero-order valence-electron chi connectivity index (χ0n) is 15.5. The number of aryl methyl sites for hydroxylation is 1. The Labute approximate surface area is 170 Å². The van der Waals surface area contributed by atoms with Gasteiger partial charge in [0.25, 0.3) is 11.5 Å². The highest BCUT2D eigenvalue weighted by molar-refractivity contribution is 6.31. The van der Waals surface area contributed by atoms with Gasteiger partial charge in [0.1, 0.15) is 0 Å². The Balaban J connectivity index is 1.77. The van der Waals surface area contributed by atoms with E-state index in [1.807, 2.05) is 6.92 Å². The molecular formula is C20H18ClN3O5. The lowest BCUT2D eigenvalue weighted by Gasteiger charge is -2.10. The van der Waals surface area contributed by atoms with E-state index in [1.165, 1.54) is 0 Å². The number of fused-ring (bicyclic) bond motifs is 1. The van der Waals surface area contributed by atoms with Crippen molar-refractivity contribution in [3.8, 4) is 0 Å². The summed E-state index contributed by atoms with van der Waals surface area (Å²) in [4.78, 5) is 37.0. The van der Waals surface area contributed by atoms with Crippen molar-refractivity contribution in [3.63, 3.8) is 0 Å². The molecule has 0 aliphatic carbocycles. The molecule has 8 nitrogen and oxygen atoms in total. The fourth-order valence-electron chi connectivity index (χ4n) is 2.70. The van der Waals surface area contributed by atoms with Crippen LogP contribution in [0.25, 0.3) is 10.8 Å². The van der Waals surface area contributed by atoms with Crippen molar-refractivity contribution in [2.75, 3.05) is 18.5 Å². The van der Waals surface area contributed by atoms with Crippen LogP contribution in [-0.2, 0) is 16.1 Å². The number of aliphatic hydroxyl groups excluding tert-OH is 1. The summed E-state index contributed by atoms with van der Waals surface area (Å²) in [7, 11) is 0. The third-order valence-electron chi connectivity index (χ3n) is 4.16. The van der Waals surface area contributed by atoms with Gasteiger partial charge in [-0.05, 0) is 30.7 Å². The number of nitrogens with zero attached hydrogens (tertiary/aromatic N) is 2. The van der Waals surface area contributed by atoms with Crippen molar-refractivity contribution in [1.82, 2.24) is 9.78 Å². The number of amides is 1. The Hall–Kier alpha value is -3.23. The molecular weight excluding hydrogens is 398 g/mol. The number of hydrogen-bond acceptors (Lipinski definition) is 6. The number of hydrogen-bond donors (Lipinski definition) is 2. The molecule has 1 amide bonds. The maximum atomic E-state index is 12.5. The van der Waals surface area contributed by atoms with Gasteiger partial charge in [-0.2, -0.15) is 5.10 Å². The average Bonchev–Trinajstić information content (AvgIpc) is 2.71. The Bertz CT molecular complexity index is 1140. The van der Waals surface area contributed by atoms with Gasteiger partial charge in [-0.1, -0.05) is 35.9 Å². The van der Waals surface area contributed by atoms with E-state index in [4.69, 9.17) is 21.4 Å². The van der Waals surface area contributed by atoms with Crippen LogP contribution in [0.1, 0.15) is 16.1 Å². The van der Waals surface area contributed by atoms with Crippen LogP contribution >= 0.6 is 11.6 Å². The van der Waals surface area contributed by atoms with Crippen molar-refractivity contribution >= 4 is 39.9 Å². The normalized spacial score (nSPS) is 10.7. The lowest BCUT2D eigenvalue weighted by molar-refractivity contribution is -0.119. The molecule has 0 aliphatic heterocycles. The Morgan fingerprint density at radius 2 is 1.93 bits per heavy atom. The van der Waals surface area contributed by atoms with Gasteiger partial charge in [-0.25, -0.2) is 9.48 Å². The summed E-state index contributed by atoms with van der Waals surface area (Å²) < 4.78 is 6.07. The van der Waals surface area contributed by atoms with E-state index in [2.05, 4.69) is 10.4 Å². The van der Waals surface area contributed by atoms with E-state index >= 15 is 0 Å². The van der Waals surface area contributed by atoms with Gasteiger partial charge in [0.2, 0.25) is 0 Å². The minimum Gasteiger partial charge on any atom is -0.451 e. The molecule has 2 N–H and O–H groups in total. The number of aliphatic hydroxyl groups is 1. The second-order valence-electron chi connectivity index (χ2n) is 6.23. The van der Waals surface area contributed by atoms with Crippen molar-refractivity contribution < 1.29 is 19.4 Å². The van der Waals surface area contributed by atoms with Crippen LogP contribution in [0.4, 0.5) is 5.69 Å². The van der Waals surface area contributed by atoms with E-state index in [-0.39, 0.29) is 24.2 Å². The first-order valence-corrected chi connectivity index (χ1v) is 9.12. The van der Waals surface area contributed by atoms with Crippen molar-refractivity contribution in [3.05, 3.63) is 69.1 Å². The van der Waals surface area contributed by atoms with Crippen LogP contribution in [-0.4, -0.2) is 40.0 Å². The third kappa shape index (κ3) is 4.61. The molecule has 3 aromatic rings. The first kappa shape index (κ1) is 20.5. The van der Waals surface area contributed by atoms with E-state index in [1.54, 1.807) is 42.5 Å². The molecule has 2 aromatic carbocycles. The van der Waals surface area contributed by atoms with Gasteiger partial charge in [0, 0.05) is 16.1 Å². The molecule has 0 saturated carbocycles. The molecule has 0 atom stereocenters. The minimum absolute atomic E-state index is 0.0708. The summed E-state index contributed by atoms with van der Waals surface area (Å²) in [5.41, 5.74) is 0.800. The number of anilines is 1. The summed E-state index contributed by atoms with van der Waals surface area (Å²) in [6.07, 6.45) is 0. The molecule has 9 heteroatoms. The number of nitrogens with one attached hydrogen (secondary N) is 1. The summed E-state index contributed by atoms with van der Waals surface area (Å²) in [5.74, 6) is -1.41. The molecule has 1 heterocycles. The maximum absolute atomic E-state index is 12.5. The Morgan fingerprint density at radius 3 is 2.62 bits per heavy atom. The molecule has 0 aliphatic rings. The molecule has 1 aromatic heterocycles. The van der Waals surface area contributed by atoms with Crippen molar-refractivity contribution in [2.45, 2.75) is 13.5 Å². The Morgan fingerprint density at radius 1 is 1.21 bits per heavy atom. The molecule has 29 heavy (non-hydrogen) atoms. The van der Waals surface area contributed by atoms with Crippen LogP contribution in [0.2, 0.25) is 5.02 Å². The highest BCUT2D eigenvalue weighted by atomic mass is 35.5. The quantitative estimate of drug-likeness (QED) is 0.597. The van der Waals surface area contributed by atoms with Crippen LogP contribution < -0.4 is 10.9 Å². The smallest absolute Gasteiger partial charge is 0.359 e. The predicted molar refractivity (Wildman–Crippen MR) is 108 cm³/mol. The van der Waals surface area contributed by atoms with E-state index < -0.39 is 24.0 Å². The maximum Gasteiger partial charge on any atom is 0.359 e. The summed E-state index contributed by atoms with van der Waals surface area (Å²) >= 11 is 6.02. The van der Waals surface area contributed by atoms with Gasteiger partial charge in [0.15, 0.2) is 12.3 Å². The third-order valence-corrected chi connectivity index (χ3v) is 4.57.